The van der Waals surface area contributed by atoms with Crippen LogP contribution in [0, 0.1) is 34.5 Å². The third-order valence-electron chi connectivity index (χ3n) is 8.56. The van der Waals surface area contributed by atoms with E-state index in [4.69, 9.17) is 4.74 Å². The second-order valence-corrected chi connectivity index (χ2v) is 9.35. The zero-order valence-corrected chi connectivity index (χ0v) is 15.4. The lowest BCUT2D eigenvalue weighted by Gasteiger charge is -2.57. The van der Waals surface area contributed by atoms with Crippen LogP contribution in [0.2, 0.25) is 0 Å². The number of esters is 1. The Morgan fingerprint density at radius 3 is 2.71 bits per heavy atom. The number of allylic oxidation sites excluding steroid dienone is 1. The van der Waals surface area contributed by atoms with Gasteiger partial charge in [0.1, 0.15) is 0 Å². The van der Waals surface area contributed by atoms with Crippen LogP contribution in [0.5, 0.6) is 0 Å². The lowest BCUT2D eigenvalue weighted by Crippen LogP contribution is -2.51. The molecule has 3 fully saturated rings. The molecule has 7 atom stereocenters. The van der Waals surface area contributed by atoms with Crippen molar-refractivity contribution >= 4 is 5.97 Å². The highest BCUT2D eigenvalue weighted by atomic mass is 16.5. The number of carbonyl (C=O) groups is 1. The van der Waals surface area contributed by atoms with Gasteiger partial charge in [0, 0.05) is 0 Å². The van der Waals surface area contributed by atoms with Crippen LogP contribution >= 0.6 is 0 Å². The molecule has 0 bridgehead atoms. The van der Waals surface area contributed by atoms with Crippen LogP contribution in [0.3, 0.4) is 0 Å². The van der Waals surface area contributed by atoms with E-state index in [1.54, 1.807) is 0 Å². The Kier molecular flexibility index (Phi) is 3.87. The zero-order valence-electron chi connectivity index (χ0n) is 15.4. The molecule has 4 rings (SSSR count). The van der Waals surface area contributed by atoms with Crippen molar-refractivity contribution in [3.63, 3.8) is 0 Å². The number of carbonyl (C=O) groups excluding carboxylic acids is 1. The lowest BCUT2D eigenvalue weighted by molar-refractivity contribution is -0.152. The number of methoxy groups -OCH3 is 1. The van der Waals surface area contributed by atoms with Gasteiger partial charge in [-0.25, -0.2) is 0 Å². The predicted molar refractivity (Wildman–Crippen MR) is 93.2 cm³/mol. The van der Waals surface area contributed by atoms with Crippen LogP contribution in [0.4, 0.5) is 0 Å². The number of fused-ring (bicyclic) bond motifs is 5. The molecule has 0 aromatic rings. The first-order valence-electron chi connectivity index (χ1n) is 9.85. The van der Waals surface area contributed by atoms with E-state index in [0.29, 0.717) is 11.8 Å². The molecule has 0 aromatic carbocycles. The van der Waals surface area contributed by atoms with Gasteiger partial charge < -0.3 is 9.84 Å². The first-order chi connectivity index (χ1) is 11.4. The monoisotopic (exact) mass is 332 g/mol. The molecule has 0 saturated heterocycles. The van der Waals surface area contributed by atoms with E-state index in [0.717, 1.165) is 44.4 Å². The smallest absolute Gasteiger partial charge is 0.309 e. The van der Waals surface area contributed by atoms with Crippen molar-refractivity contribution in [1.29, 1.82) is 0 Å². The van der Waals surface area contributed by atoms with Crippen LogP contribution < -0.4 is 0 Å². The van der Waals surface area contributed by atoms with Crippen LogP contribution in [-0.2, 0) is 9.53 Å². The summed E-state index contributed by atoms with van der Waals surface area (Å²) in [5, 5.41) is 10.1. The standard InChI is InChI=1S/C21H32O3/c1-20-10-8-14(22)12-13(20)4-5-15-16-6-7-18(19(23)24-3)21(16,2)11-9-17(15)20/h4,14-18,22H,5-12H2,1-3H3/t14-,15-,16+,17-,18+,20-,21+/m0/s1. The second-order valence-electron chi connectivity index (χ2n) is 9.35. The maximum atomic E-state index is 12.3. The highest BCUT2D eigenvalue weighted by Crippen LogP contribution is 2.66. The van der Waals surface area contributed by atoms with Crippen molar-refractivity contribution in [2.75, 3.05) is 7.11 Å². The molecule has 3 saturated carbocycles. The average Bonchev–Trinajstić information content (AvgIpc) is 2.92. The third kappa shape index (κ3) is 2.16. The molecule has 0 aromatic heterocycles. The molecular formula is C21H32O3. The molecular weight excluding hydrogens is 300 g/mol. The molecule has 0 aliphatic heterocycles. The summed E-state index contributed by atoms with van der Waals surface area (Å²) in [6, 6.07) is 0. The van der Waals surface area contributed by atoms with Crippen LogP contribution in [-0.4, -0.2) is 24.3 Å². The van der Waals surface area contributed by atoms with Gasteiger partial charge in [-0.2, -0.15) is 0 Å². The molecule has 0 heterocycles. The number of aliphatic hydroxyl groups excluding tert-OH is 1. The number of hydrogen-bond donors (Lipinski definition) is 1. The summed E-state index contributed by atoms with van der Waals surface area (Å²) in [4.78, 5) is 12.3. The molecule has 1 N–H and O–H groups in total. The topological polar surface area (TPSA) is 46.5 Å². The molecule has 0 unspecified atom stereocenters. The summed E-state index contributed by atoms with van der Waals surface area (Å²) >= 11 is 0. The number of rotatable bonds is 1. The third-order valence-corrected chi connectivity index (χ3v) is 8.56. The van der Waals surface area contributed by atoms with E-state index in [-0.39, 0.29) is 28.8 Å². The normalized spacial score (nSPS) is 50.3. The lowest BCUT2D eigenvalue weighted by atomic mass is 9.47. The first-order valence-corrected chi connectivity index (χ1v) is 9.85. The molecule has 0 radical (unpaired) electrons. The van der Waals surface area contributed by atoms with E-state index in [1.165, 1.54) is 25.5 Å². The Hall–Kier alpha value is -0.830. The van der Waals surface area contributed by atoms with Crippen molar-refractivity contribution in [2.24, 2.45) is 34.5 Å². The van der Waals surface area contributed by atoms with Gasteiger partial charge in [-0.15, -0.1) is 0 Å². The van der Waals surface area contributed by atoms with E-state index >= 15 is 0 Å². The Labute approximate surface area is 145 Å². The van der Waals surface area contributed by atoms with E-state index in [1.807, 2.05) is 0 Å². The summed E-state index contributed by atoms with van der Waals surface area (Å²) in [6.45, 7) is 4.81. The van der Waals surface area contributed by atoms with Crippen LogP contribution in [0.1, 0.15) is 65.2 Å². The maximum absolute atomic E-state index is 12.3. The fourth-order valence-electron chi connectivity index (χ4n) is 7.17. The fourth-order valence-corrected chi connectivity index (χ4v) is 7.17. The van der Waals surface area contributed by atoms with Crippen molar-refractivity contribution in [3.8, 4) is 0 Å². The first kappa shape index (κ1) is 16.6. The largest absolute Gasteiger partial charge is 0.469 e. The van der Waals surface area contributed by atoms with E-state index < -0.39 is 0 Å². The Morgan fingerprint density at radius 2 is 1.96 bits per heavy atom. The summed E-state index contributed by atoms with van der Waals surface area (Å²) in [7, 11) is 1.54. The van der Waals surface area contributed by atoms with Crippen molar-refractivity contribution in [1.82, 2.24) is 0 Å². The fraction of sp³-hybridized carbons (Fsp3) is 0.857. The van der Waals surface area contributed by atoms with Crippen LogP contribution in [0.25, 0.3) is 0 Å². The van der Waals surface area contributed by atoms with Gasteiger partial charge in [0.25, 0.3) is 0 Å². The molecule has 3 heteroatoms. The molecule has 4 aliphatic carbocycles. The molecule has 4 aliphatic rings. The van der Waals surface area contributed by atoms with E-state index in [2.05, 4.69) is 19.9 Å². The van der Waals surface area contributed by atoms with Crippen molar-refractivity contribution in [2.45, 2.75) is 71.3 Å². The van der Waals surface area contributed by atoms with Gasteiger partial charge in [0.15, 0.2) is 0 Å². The van der Waals surface area contributed by atoms with Gasteiger partial charge in [-0.3, -0.25) is 4.79 Å². The SMILES string of the molecule is COC(=O)[C@H]1CC[C@@H]2[C@@H]3CC=C4C[C@@H](O)CC[C@]4(C)[C@H]3CC[C@@]12C. The summed E-state index contributed by atoms with van der Waals surface area (Å²) < 4.78 is 5.12. The van der Waals surface area contributed by atoms with Crippen LogP contribution in [0.15, 0.2) is 11.6 Å². The molecule has 24 heavy (non-hydrogen) atoms. The van der Waals surface area contributed by atoms with Gasteiger partial charge >= 0.3 is 5.97 Å². The van der Waals surface area contributed by atoms with Gasteiger partial charge in [0.2, 0.25) is 0 Å². The highest BCUT2D eigenvalue weighted by Gasteiger charge is 2.60. The Bertz CT molecular complexity index is 567. The van der Waals surface area contributed by atoms with Gasteiger partial charge in [0.05, 0.1) is 19.1 Å². The van der Waals surface area contributed by atoms with E-state index in [9.17, 15) is 9.90 Å². The summed E-state index contributed by atoms with van der Waals surface area (Å²) in [5.41, 5.74) is 1.94. The minimum Gasteiger partial charge on any atom is -0.469 e. The predicted octanol–water partition coefficient (Wildman–Crippen LogP) is 4.10. The average molecular weight is 332 g/mol. The highest BCUT2D eigenvalue weighted by molar-refractivity contribution is 5.73. The molecule has 0 spiro atoms. The maximum Gasteiger partial charge on any atom is 0.309 e. The number of ether oxygens (including phenoxy) is 1. The van der Waals surface area contributed by atoms with Crippen molar-refractivity contribution in [3.05, 3.63) is 11.6 Å². The number of hydrogen-bond acceptors (Lipinski definition) is 3. The summed E-state index contributed by atoms with van der Waals surface area (Å²) in [6.07, 6.45) is 11.0. The Balaban J connectivity index is 1.64. The van der Waals surface area contributed by atoms with Gasteiger partial charge in [-0.1, -0.05) is 25.5 Å². The van der Waals surface area contributed by atoms with Gasteiger partial charge in [-0.05, 0) is 80.0 Å². The Morgan fingerprint density at radius 1 is 1.17 bits per heavy atom. The quantitative estimate of drug-likeness (QED) is 0.581. The molecule has 0 amide bonds. The minimum atomic E-state index is -0.134. The summed E-state index contributed by atoms with van der Waals surface area (Å²) in [5.74, 6) is 2.21. The zero-order chi connectivity index (χ0) is 17.1. The molecule has 3 nitrogen and oxygen atoms in total. The van der Waals surface area contributed by atoms with Crippen molar-refractivity contribution < 1.29 is 14.6 Å². The molecule has 134 valence electrons. The minimum absolute atomic E-state index is 0.0116. The number of aliphatic hydroxyl groups is 1. The second kappa shape index (κ2) is 5.59.